The molecule has 0 fully saturated rings. The number of aromatic nitrogens is 4. The second-order valence-electron chi connectivity index (χ2n) is 6.27. The van der Waals surface area contributed by atoms with Crippen LogP contribution in [-0.4, -0.2) is 28.2 Å². The van der Waals surface area contributed by atoms with E-state index in [2.05, 4.69) is 25.3 Å². The predicted octanol–water partition coefficient (Wildman–Crippen LogP) is 1.71. The highest BCUT2D eigenvalue weighted by Gasteiger charge is 2.13. The maximum Gasteiger partial charge on any atom is 0.323 e. The van der Waals surface area contributed by atoms with Crippen molar-refractivity contribution in [2.24, 2.45) is 15.4 Å². The van der Waals surface area contributed by atoms with Gasteiger partial charge in [-0.2, -0.15) is 5.11 Å². The zero-order chi connectivity index (χ0) is 20.8. The minimum Gasteiger partial charge on any atom is -0.306 e. The fraction of sp³-hybridized carbons (Fsp3) is 0.0588. The van der Waals surface area contributed by atoms with Crippen LogP contribution in [0.4, 0.5) is 11.4 Å². The first-order valence-electron chi connectivity index (χ1n) is 8.31. The highest BCUT2D eigenvalue weighted by Crippen LogP contribution is 2.21. The normalized spacial score (nSPS) is 12.2. The van der Waals surface area contributed by atoms with E-state index < -0.39 is 15.6 Å². The molecule has 4 rings (SSSR count). The number of hydrogen-bond acceptors (Lipinski definition) is 6. The number of aryl methyl sites for hydroxylation is 1. The number of hydrogen-bond donors (Lipinski definition) is 4. The Hall–Kier alpha value is -3.77. The van der Waals surface area contributed by atoms with Crippen LogP contribution in [0.2, 0.25) is 0 Å². The third-order valence-electron chi connectivity index (χ3n) is 4.23. The van der Waals surface area contributed by atoms with Gasteiger partial charge in [-0.15, -0.1) is 5.11 Å². The first-order valence-corrected chi connectivity index (χ1v) is 9.86. The largest absolute Gasteiger partial charge is 0.323 e. The molecule has 2 aromatic carbocycles. The van der Waals surface area contributed by atoms with Gasteiger partial charge in [0.05, 0.1) is 33.0 Å². The van der Waals surface area contributed by atoms with Crippen LogP contribution in [0.3, 0.4) is 0 Å². The summed E-state index contributed by atoms with van der Waals surface area (Å²) in [6, 6.07) is 10.5. The van der Waals surface area contributed by atoms with Gasteiger partial charge in [0, 0.05) is 0 Å². The van der Waals surface area contributed by atoms with E-state index >= 15 is 0 Å². The molecule has 0 radical (unpaired) electrons. The van der Waals surface area contributed by atoms with Gasteiger partial charge in [-0.05, 0) is 49.4 Å². The Morgan fingerprint density at radius 3 is 2.34 bits per heavy atom. The predicted molar refractivity (Wildman–Crippen MR) is 106 cm³/mol. The molecule has 2 heterocycles. The molecule has 0 unspecified atom stereocenters. The average molecular weight is 413 g/mol. The first kappa shape index (κ1) is 18.6. The number of rotatable bonds is 4. The number of fused-ring (bicyclic) bond motifs is 1. The fourth-order valence-corrected chi connectivity index (χ4v) is 3.33. The molecule has 0 saturated carbocycles. The van der Waals surface area contributed by atoms with Gasteiger partial charge >= 0.3 is 5.69 Å². The van der Waals surface area contributed by atoms with Crippen LogP contribution in [0.1, 0.15) is 5.69 Å². The SMILES string of the molecule is Cc1[nH]n(-c2ccc(S(N)(=O)=O)cc2)c(=O)c1N=Nc1ccc2[nH]c(=O)[nH]c2c1. The highest BCUT2D eigenvalue weighted by molar-refractivity contribution is 7.89. The number of imidazole rings is 1. The second kappa shape index (κ2) is 6.68. The van der Waals surface area contributed by atoms with E-state index in [0.29, 0.717) is 28.1 Å². The van der Waals surface area contributed by atoms with Crippen molar-refractivity contribution in [3.8, 4) is 5.69 Å². The van der Waals surface area contributed by atoms with Crippen molar-refractivity contribution in [1.29, 1.82) is 0 Å². The monoisotopic (exact) mass is 413 g/mol. The van der Waals surface area contributed by atoms with Gasteiger partial charge in [0.15, 0.2) is 5.69 Å². The number of nitrogens with one attached hydrogen (secondary N) is 3. The number of nitrogens with two attached hydrogens (primary N) is 1. The van der Waals surface area contributed by atoms with E-state index in [1.54, 1.807) is 25.1 Å². The molecule has 0 spiro atoms. The number of H-pyrrole nitrogens is 3. The van der Waals surface area contributed by atoms with Gasteiger partial charge in [0.2, 0.25) is 10.0 Å². The van der Waals surface area contributed by atoms with Crippen molar-refractivity contribution in [3.05, 3.63) is 69.0 Å². The zero-order valence-corrected chi connectivity index (χ0v) is 15.8. The van der Waals surface area contributed by atoms with Crippen molar-refractivity contribution < 1.29 is 8.42 Å². The molecule has 29 heavy (non-hydrogen) atoms. The topological polar surface area (TPSA) is 171 Å². The molecule has 4 aromatic rings. The summed E-state index contributed by atoms with van der Waals surface area (Å²) in [5.41, 5.74) is 1.88. The van der Waals surface area contributed by atoms with Crippen molar-refractivity contribution in [2.45, 2.75) is 11.8 Å². The molecular weight excluding hydrogens is 398 g/mol. The standard InChI is InChI=1S/C17H15N7O4S/c1-9-15(22-21-10-2-7-13-14(8-10)20-17(26)19-13)16(25)24(23-9)11-3-5-12(6-4-11)29(18,27)28/h2-8,23H,1H3,(H2,18,27,28)(H2,19,20,26). The Bertz CT molecular complexity index is 1470. The Balaban J connectivity index is 1.68. The molecule has 0 atom stereocenters. The van der Waals surface area contributed by atoms with Crippen LogP contribution < -0.4 is 16.4 Å². The number of aromatic amines is 3. The van der Waals surface area contributed by atoms with Crippen LogP contribution in [-0.2, 0) is 10.0 Å². The van der Waals surface area contributed by atoms with Gasteiger partial charge in [-0.25, -0.2) is 23.0 Å². The molecular formula is C17H15N7O4S. The van der Waals surface area contributed by atoms with E-state index in [9.17, 15) is 18.0 Å². The van der Waals surface area contributed by atoms with E-state index in [4.69, 9.17) is 5.14 Å². The van der Waals surface area contributed by atoms with Crippen molar-refractivity contribution in [1.82, 2.24) is 19.7 Å². The molecule has 0 aliphatic carbocycles. The first-order chi connectivity index (χ1) is 13.7. The lowest BCUT2D eigenvalue weighted by Gasteiger charge is -2.02. The maximum absolute atomic E-state index is 12.7. The molecule has 0 saturated heterocycles. The molecule has 0 amide bonds. The molecule has 12 heteroatoms. The third-order valence-corrected chi connectivity index (χ3v) is 5.16. The number of benzene rings is 2. The third kappa shape index (κ3) is 3.53. The molecule has 0 aliphatic heterocycles. The smallest absolute Gasteiger partial charge is 0.306 e. The van der Waals surface area contributed by atoms with Crippen LogP contribution in [0.15, 0.2) is 67.2 Å². The van der Waals surface area contributed by atoms with E-state index in [0.717, 1.165) is 0 Å². The minimum atomic E-state index is -3.82. The number of sulfonamides is 1. The average Bonchev–Trinajstić information content (AvgIpc) is 3.17. The van der Waals surface area contributed by atoms with E-state index in [-0.39, 0.29) is 16.3 Å². The summed E-state index contributed by atoms with van der Waals surface area (Å²) < 4.78 is 23.9. The Labute approximate surface area is 162 Å². The molecule has 0 aliphatic rings. The summed E-state index contributed by atoms with van der Waals surface area (Å²) in [6.45, 7) is 1.66. The second-order valence-corrected chi connectivity index (χ2v) is 7.84. The summed E-state index contributed by atoms with van der Waals surface area (Å²) in [5, 5.41) is 16.1. The van der Waals surface area contributed by atoms with E-state index in [1.165, 1.54) is 28.9 Å². The van der Waals surface area contributed by atoms with Crippen molar-refractivity contribution >= 4 is 32.4 Å². The lowest BCUT2D eigenvalue weighted by molar-refractivity contribution is 0.598. The maximum atomic E-state index is 12.7. The Morgan fingerprint density at radius 2 is 1.66 bits per heavy atom. The molecule has 2 aromatic heterocycles. The lowest BCUT2D eigenvalue weighted by atomic mass is 10.3. The summed E-state index contributed by atoms with van der Waals surface area (Å²) in [5.74, 6) is 0. The number of azo groups is 1. The summed E-state index contributed by atoms with van der Waals surface area (Å²) >= 11 is 0. The van der Waals surface area contributed by atoms with Crippen molar-refractivity contribution in [3.63, 3.8) is 0 Å². The summed E-state index contributed by atoms with van der Waals surface area (Å²) in [7, 11) is -3.82. The van der Waals surface area contributed by atoms with Gasteiger partial charge in [0.1, 0.15) is 0 Å². The molecule has 11 nitrogen and oxygen atoms in total. The highest BCUT2D eigenvalue weighted by atomic mass is 32.2. The molecule has 148 valence electrons. The number of primary sulfonamides is 1. The fourth-order valence-electron chi connectivity index (χ4n) is 2.81. The van der Waals surface area contributed by atoms with E-state index in [1.807, 2.05) is 0 Å². The number of nitrogens with zero attached hydrogens (tertiary/aromatic N) is 3. The van der Waals surface area contributed by atoms with Crippen molar-refractivity contribution in [2.75, 3.05) is 0 Å². The molecule has 5 N–H and O–H groups in total. The van der Waals surface area contributed by atoms with Gasteiger partial charge < -0.3 is 9.97 Å². The van der Waals surface area contributed by atoms with Crippen LogP contribution in [0.5, 0.6) is 0 Å². The van der Waals surface area contributed by atoms with Gasteiger partial charge in [-0.3, -0.25) is 9.89 Å². The Kier molecular flexibility index (Phi) is 4.28. The van der Waals surface area contributed by atoms with Gasteiger partial charge in [-0.1, -0.05) is 0 Å². The van der Waals surface area contributed by atoms with Crippen LogP contribution in [0, 0.1) is 6.92 Å². The quantitative estimate of drug-likeness (QED) is 0.373. The lowest BCUT2D eigenvalue weighted by Crippen LogP contribution is -2.15. The Morgan fingerprint density at radius 1 is 0.966 bits per heavy atom. The zero-order valence-electron chi connectivity index (χ0n) is 15.0. The van der Waals surface area contributed by atoms with Crippen LogP contribution in [0.25, 0.3) is 16.7 Å². The summed E-state index contributed by atoms with van der Waals surface area (Å²) in [4.78, 5) is 29.2. The molecule has 0 bridgehead atoms. The summed E-state index contributed by atoms with van der Waals surface area (Å²) in [6.07, 6.45) is 0. The van der Waals surface area contributed by atoms with Gasteiger partial charge in [0.25, 0.3) is 5.56 Å². The minimum absolute atomic E-state index is 0.0596. The van der Waals surface area contributed by atoms with Crippen LogP contribution >= 0.6 is 0 Å².